The van der Waals surface area contributed by atoms with Crippen LogP contribution < -0.4 is 15.5 Å². The van der Waals surface area contributed by atoms with E-state index < -0.39 is 0 Å². The summed E-state index contributed by atoms with van der Waals surface area (Å²) in [5, 5.41) is 8.06. The Labute approximate surface area is 119 Å². The van der Waals surface area contributed by atoms with Crippen LogP contribution in [-0.2, 0) is 0 Å². The summed E-state index contributed by atoms with van der Waals surface area (Å²) in [4.78, 5) is 4.66. The molecule has 0 atom stereocenters. The van der Waals surface area contributed by atoms with Gasteiger partial charge >= 0.3 is 0 Å². The summed E-state index contributed by atoms with van der Waals surface area (Å²) in [6, 6.07) is 12.4. The van der Waals surface area contributed by atoms with Crippen molar-refractivity contribution in [2.75, 3.05) is 41.7 Å². The van der Waals surface area contributed by atoms with Crippen molar-refractivity contribution in [3.8, 4) is 0 Å². The number of aryl methyl sites for hydroxylation is 1. The maximum absolute atomic E-state index is 5.57. The molecule has 2 heterocycles. The van der Waals surface area contributed by atoms with E-state index in [1.165, 1.54) is 11.3 Å². The van der Waals surface area contributed by atoms with Gasteiger partial charge in [-0.15, -0.1) is 10.2 Å². The Kier molecular flexibility index (Phi) is 3.41. The van der Waals surface area contributed by atoms with Crippen molar-refractivity contribution in [2.45, 2.75) is 6.92 Å². The Morgan fingerprint density at radius 2 is 1.70 bits per heavy atom. The van der Waals surface area contributed by atoms with E-state index in [2.05, 4.69) is 51.2 Å². The molecule has 0 amide bonds. The summed E-state index contributed by atoms with van der Waals surface area (Å²) < 4.78 is 0. The maximum Gasteiger partial charge on any atom is 0.151 e. The van der Waals surface area contributed by atoms with Crippen LogP contribution >= 0.6 is 0 Å². The lowest BCUT2D eigenvalue weighted by atomic mass is 10.2. The molecule has 104 valence electrons. The molecule has 2 aromatic rings. The van der Waals surface area contributed by atoms with E-state index in [4.69, 9.17) is 5.73 Å². The second kappa shape index (κ2) is 5.36. The zero-order valence-corrected chi connectivity index (χ0v) is 11.7. The number of nitrogens with zero attached hydrogens (tertiary/aromatic N) is 4. The number of piperazine rings is 1. The van der Waals surface area contributed by atoms with Gasteiger partial charge in [-0.3, -0.25) is 0 Å². The minimum Gasteiger partial charge on any atom is -0.382 e. The first-order valence-electron chi connectivity index (χ1n) is 6.88. The summed E-state index contributed by atoms with van der Waals surface area (Å²) in [5.41, 5.74) is 8.17. The molecule has 1 aliphatic heterocycles. The van der Waals surface area contributed by atoms with Crippen molar-refractivity contribution in [1.82, 2.24) is 10.2 Å². The Morgan fingerprint density at radius 3 is 2.35 bits per heavy atom. The van der Waals surface area contributed by atoms with Crippen LogP contribution in [0.25, 0.3) is 0 Å². The van der Waals surface area contributed by atoms with Crippen molar-refractivity contribution >= 4 is 17.3 Å². The number of nitrogens with two attached hydrogens (primary N) is 1. The highest BCUT2D eigenvalue weighted by Crippen LogP contribution is 2.20. The fourth-order valence-electron chi connectivity index (χ4n) is 2.52. The Hall–Kier alpha value is -2.30. The number of anilines is 3. The molecule has 1 fully saturated rings. The minimum absolute atomic E-state index is 0.465. The van der Waals surface area contributed by atoms with Crippen molar-refractivity contribution in [1.29, 1.82) is 0 Å². The zero-order chi connectivity index (χ0) is 13.9. The van der Waals surface area contributed by atoms with Crippen molar-refractivity contribution < 1.29 is 0 Å². The molecule has 1 aromatic carbocycles. The minimum atomic E-state index is 0.465. The molecule has 1 aromatic heterocycles. The Morgan fingerprint density at radius 1 is 0.950 bits per heavy atom. The van der Waals surface area contributed by atoms with Crippen LogP contribution in [0.2, 0.25) is 0 Å². The number of rotatable bonds is 2. The molecule has 1 saturated heterocycles. The van der Waals surface area contributed by atoms with Crippen LogP contribution in [0.3, 0.4) is 0 Å². The van der Waals surface area contributed by atoms with E-state index in [9.17, 15) is 0 Å². The summed E-state index contributed by atoms with van der Waals surface area (Å²) >= 11 is 0. The predicted octanol–water partition coefficient (Wildman–Crippen LogP) is 1.69. The lowest BCUT2D eigenvalue weighted by Crippen LogP contribution is -2.46. The van der Waals surface area contributed by atoms with Crippen molar-refractivity contribution in [3.63, 3.8) is 0 Å². The smallest absolute Gasteiger partial charge is 0.151 e. The van der Waals surface area contributed by atoms with E-state index in [-0.39, 0.29) is 0 Å². The highest BCUT2D eigenvalue weighted by molar-refractivity contribution is 5.51. The maximum atomic E-state index is 5.57. The largest absolute Gasteiger partial charge is 0.382 e. The summed E-state index contributed by atoms with van der Waals surface area (Å²) in [6.07, 6.45) is 0. The predicted molar refractivity (Wildman–Crippen MR) is 82.0 cm³/mol. The molecule has 0 radical (unpaired) electrons. The van der Waals surface area contributed by atoms with E-state index >= 15 is 0 Å². The van der Waals surface area contributed by atoms with Gasteiger partial charge in [0.1, 0.15) is 5.82 Å². The molecular weight excluding hydrogens is 250 g/mol. The number of aromatic nitrogens is 2. The molecule has 0 saturated carbocycles. The molecule has 0 bridgehead atoms. The van der Waals surface area contributed by atoms with Gasteiger partial charge in [0.25, 0.3) is 0 Å². The van der Waals surface area contributed by atoms with Crippen LogP contribution in [0.4, 0.5) is 17.3 Å². The van der Waals surface area contributed by atoms with Gasteiger partial charge in [-0.25, -0.2) is 0 Å². The number of hydrogen-bond donors (Lipinski definition) is 1. The first-order valence-corrected chi connectivity index (χ1v) is 6.88. The number of nitrogen functional groups attached to an aromatic ring is 1. The normalized spacial score (nSPS) is 15.4. The fourth-order valence-corrected chi connectivity index (χ4v) is 2.52. The first-order chi connectivity index (χ1) is 9.72. The summed E-state index contributed by atoms with van der Waals surface area (Å²) in [7, 11) is 0. The Bertz CT molecular complexity index is 573. The van der Waals surface area contributed by atoms with Gasteiger partial charge in [-0.05, 0) is 36.8 Å². The molecule has 2 N–H and O–H groups in total. The summed E-state index contributed by atoms with van der Waals surface area (Å²) in [5.74, 6) is 1.37. The van der Waals surface area contributed by atoms with E-state index in [0.29, 0.717) is 5.82 Å². The lowest BCUT2D eigenvalue weighted by molar-refractivity contribution is 0.644. The van der Waals surface area contributed by atoms with Gasteiger partial charge in [0, 0.05) is 31.9 Å². The van der Waals surface area contributed by atoms with Gasteiger partial charge in [0.05, 0.1) is 0 Å². The average molecular weight is 269 g/mol. The molecule has 0 spiro atoms. The average Bonchev–Trinajstić information content (AvgIpc) is 2.48. The van der Waals surface area contributed by atoms with Gasteiger partial charge in [-0.1, -0.05) is 12.1 Å². The quantitative estimate of drug-likeness (QED) is 0.899. The molecule has 0 unspecified atom stereocenters. The Balaban J connectivity index is 1.66. The number of hydrogen-bond acceptors (Lipinski definition) is 5. The van der Waals surface area contributed by atoms with Crippen LogP contribution in [-0.4, -0.2) is 36.4 Å². The second-order valence-corrected chi connectivity index (χ2v) is 5.13. The standard InChI is InChI=1S/C15H19N5/c1-12-3-2-4-13(11-12)19-7-9-20(10-8-19)15-6-5-14(16)17-18-15/h2-6,11H,7-10H2,1H3,(H2,16,17). The second-order valence-electron chi connectivity index (χ2n) is 5.13. The fraction of sp³-hybridized carbons (Fsp3) is 0.333. The molecule has 5 heteroatoms. The van der Waals surface area contributed by atoms with Crippen LogP contribution in [0, 0.1) is 6.92 Å². The molecule has 20 heavy (non-hydrogen) atoms. The molecular formula is C15H19N5. The molecule has 1 aliphatic rings. The monoisotopic (exact) mass is 269 g/mol. The van der Waals surface area contributed by atoms with Gasteiger partial charge < -0.3 is 15.5 Å². The molecule has 3 rings (SSSR count). The van der Waals surface area contributed by atoms with Crippen LogP contribution in [0.15, 0.2) is 36.4 Å². The van der Waals surface area contributed by atoms with E-state index in [1.54, 1.807) is 6.07 Å². The lowest BCUT2D eigenvalue weighted by Gasteiger charge is -2.36. The van der Waals surface area contributed by atoms with Crippen LogP contribution in [0.1, 0.15) is 5.56 Å². The highest BCUT2D eigenvalue weighted by Gasteiger charge is 2.18. The van der Waals surface area contributed by atoms with Crippen LogP contribution in [0.5, 0.6) is 0 Å². The van der Waals surface area contributed by atoms with Crippen molar-refractivity contribution in [3.05, 3.63) is 42.0 Å². The summed E-state index contributed by atoms with van der Waals surface area (Å²) in [6.45, 7) is 6.02. The van der Waals surface area contributed by atoms with Gasteiger partial charge in [0.15, 0.2) is 5.82 Å². The number of benzene rings is 1. The first kappa shape index (κ1) is 12.7. The SMILES string of the molecule is Cc1cccc(N2CCN(c3ccc(N)nn3)CC2)c1. The molecule has 0 aliphatic carbocycles. The molecule has 5 nitrogen and oxygen atoms in total. The third kappa shape index (κ3) is 2.66. The highest BCUT2D eigenvalue weighted by atomic mass is 15.3. The van der Waals surface area contributed by atoms with Gasteiger partial charge in [-0.2, -0.15) is 0 Å². The zero-order valence-electron chi connectivity index (χ0n) is 11.7. The third-order valence-corrected chi connectivity index (χ3v) is 3.64. The van der Waals surface area contributed by atoms with E-state index in [0.717, 1.165) is 32.0 Å². The topological polar surface area (TPSA) is 58.3 Å². The third-order valence-electron chi connectivity index (χ3n) is 3.64. The van der Waals surface area contributed by atoms with Gasteiger partial charge in [0.2, 0.25) is 0 Å². The van der Waals surface area contributed by atoms with E-state index in [1.807, 2.05) is 6.07 Å². The van der Waals surface area contributed by atoms with Crippen molar-refractivity contribution in [2.24, 2.45) is 0 Å².